The van der Waals surface area contributed by atoms with Crippen LogP contribution in [0.15, 0.2) is 53.1 Å². The first-order valence-corrected chi connectivity index (χ1v) is 9.34. The molecule has 0 aliphatic carbocycles. The zero-order valence-electron chi connectivity index (χ0n) is 15.3. The third kappa shape index (κ3) is 3.53. The maximum Gasteiger partial charge on any atom is 0.322 e. The number of nitrogens with one attached hydrogen (secondary N) is 1. The quantitative estimate of drug-likeness (QED) is 0.684. The van der Waals surface area contributed by atoms with Gasteiger partial charge in [0.1, 0.15) is 11.8 Å². The van der Waals surface area contributed by atoms with Crippen LogP contribution in [-0.4, -0.2) is 34.7 Å². The fraction of sp³-hybridized carbons (Fsp3) is 0.250. The van der Waals surface area contributed by atoms with E-state index in [9.17, 15) is 4.79 Å². The van der Waals surface area contributed by atoms with Crippen molar-refractivity contribution < 1.29 is 14.1 Å². The molecule has 144 valence electrons. The Morgan fingerprint density at radius 2 is 2.04 bits per heavy atom. The van der Waals surface area contributed by atoms with E-state index in [-0.39, 0.29) is 12.1 Å². The average Bonchev–Trinajstić information content (AvgIpc) is 3.39. The zero-order valence-corrected chi connectivity index (χ0v) is 16.0. The first kappa shape index (κ1) is 18.3. The Morgan fingerprint density at radius 3 is 2.86 bits per heavy atom. The molecule has 0 radical (unpaired) electrons. The van der Waals surface area contributed by atoms with Crippen LogP contribution in [0.3, 0.4) is 0 Å². The third-order valence-corrected chi connectivity index (χ3v) is 5.03. The smallest absolute Gasteiger partial charge is 0.322 e. The number of hydrogen-bond acceptors (Lipinski definition) is 5. The Hall–Kier alpha value is -3.06. The third-order valence-electron chi connectivity index (χ3n) is 4.70. The minimum absolute atomic E-state index is 0.243. The number of ether oxygens (including phenoxy) is 1. The number of methoxy groups -OCH3 is 1. The second-order valence-electron chi connectivity index (χ2n) is 6.42. The number of anilines is 1. The number of urea groups is 1. The van der Waals surface area contributed by atoms with Gasteiger partial charge in [-0.2, -0.15) is 4.98 Å². The molecule has 2 heterocycles. The van der Waals surface area contributed by atoms with Crippen molar-refractivity contribution in [1.82, 2.24) is 15.0 Å². The van der Waals surface area contributed by atoms with Gasteiger partial charge >= 0.3 is 6.03 Å². The summed E-state index contributed by atoms with van der Waals surface area (Å²) in [5.74, 6) is 1.51. The average molecular weight is 399 g/mol. The van der Waals surface area contributed by atoms with Gasteiger partial charge in [0.15, 0.2) is 0 Å². The van der Waals surface area contributed by atoms with Gasteiger partial charge in [-0.1, -0.05) is 41.0 Å². The van der Waals surface area contributed by atoms with Gasteiger partial charge in [-0.3, -0.25) is 0 Å². The molecular weight excluding hydrogens is 380 g/mol. The van der Waals surface area contributed by atoms with Gasteiger partial charge in [0.2, 0.25) is 11.7 Å². The highest BCUT2D eigenvalue weighted by atomic mass is 35.5. The van der Waals surface area contributed by atoms with Crippen molar-refractivity contribution in [2.75, 3.05) is 19.0 Å². The number of aromatic nitrogens is 2. The molecule has 1 N–H and O–H groups in total. The minimum Gasteiger partial charge on any atom is -0.496 e. The highest BCUT2D eigenvalue weighted by molar-refractivity contribution is 6.33. The number of halogens is 1. The van der Waals surface area contributed by atoms with E-state index in [1.54, 1.807) is 24.1 Å². The van der Waals surface area contributed by atoms with E-state index in [4.69, 9.17) is 20.9 Å². The van der Waals surface area contributed by atoms with Crippen LogP contribution in [0.5, 0.6) is 5.75 Å². The summed E-state index contributed by atoms with van der Waals surface area (Å²) in [5.41, 5.74) is 1.31. The predicted molar refractivity (Wildman–Crippen MR) is 105 cm³/mol. The summed E-state index contributed by atoms with van der Waals surface area (Å²) in [7, 11) is 1.59. The van der Waals surface area contributed by atoms with Crippen LogP contribution in [0.25, 0.3) is 11.4 Å². The van der Waals surface area contributed by atoms with Crippen molar-refractivity contribution in [2.45, 2.75) is 18.9 Å². The number of carbonyl (C=O) groups excluding carboxylic acids is 1. The van der Waals surface area contributed by atoms with E-state index in [1.807, 2.05) is 36.4 Å². The molecule has 2 amide bonds. The number of likely N-dealkylation sites (tertiary alicyclic amines) is 1. The van der Waals surface area contributed by atoms with Crippen LogP contribution in [0.2, 0.25) is 5.02 Å². The first-order valence-electron chi connectivity index (χ1n) is 8.96. The van der Waals surface area contributed by atoms with Crippen LogP contribution in [0, 0.1) is 0 Å². The van der Waals surface area contributed by atoms with Crippen molar-refractivity contribution in [1.29, 1.82) is 0 Å². The van der Waals surface area contributed by atoms with Gasteiger partial charge in [-0.15, -0.1) is 0 Å². The highest BCUT2D eigenvalue weighted by Gasteiger charge is 2.34. The van der Waals surface area contributed by atoms with Gasteiger partial charge in [-0.25, -0.2) is 4.79 Å². The van der Waals surface area contributed by atoms with Gasteiger partial charge in [0.25, 0.3) is 0 Å². The Morgan fingerprint density at radius 1 is 1.25 bits per heavy atom. The number of hydrogen-bond donors (Lipinski definition) is 1. The number of carbonyl (C=O) groups is 1. The second-order valence-corrected chi connectivity index (χ2v) is 6.83. The first-order chi connectivity index (χ1) is 13.7. The van der Waals surface area contributed by atoms with Crippen LogP contribution in [0.4, 0.5) is 10.5 Å². The molecule has 1 fully saturated rings. The molecule has 2 aromatic carbocycles. The van der Waals surface area contributed by atoms with Gasteiger partial charge in [-0.05, 0) is 37.1 Å². The topological polar surface area (TPSA) is 80.5 Å². The SMILES string of the molecule is COc1ccccc1-c1noc(C2CCCN2C(=O)Nc2ccccc2Cl)n1. The Kier molecular flexibility index (Phi) is 5.16. The number of rotatable bonds is 4. The largest absolute Gasteiger partial charge is 0.496 e. The molecule has 3 aromatic rings. The minimum atomic E-state index is -0.279. The van der Waals surface area contributed by atoms with E-state index < -0.39 is 0 Å². The van der Waals surface area contributed by atoms with Crippen molar-refractivity contribution in [2.24, 2.45) is 0 Å². The van der Waals surface area contributed by atoms with Crippen molar-refractivity contribution >= 4 is 23.3 Å². The van der Waals surface area contributed by atoms with E-state index in [2.05, 4.69) is 15.5 Å². The Balaban J connectivity index is 1.55. The van der Waals surface area contributed by atoms with Crippen LogP contribution in [0.1, 0.15) is 24.8 Å². The summed E-state index contributed by atoms with van der Waals surface area (Å²) in [4.78, 5) is 19.0. The standard InChI is InChI=1S/C20H19ClN4O3/c1-27-17-11-5-2-7-13(17)18-23-19(28-24-18)16-10-6-12-25(16)20(26)22-15-9-4-3-8-14(15)21/h2-5,7-9,11,16H,6,10,12H2,1H3,(H,22,26). The van der Waals surface area contributed by atoms with E-state index in [0.29, 0.717) is 34.7 Å². The lowest BCUT2D eigenvalue weighted by molar-refractivity contribution is 0.193. The fourth-order valence-corrected chi connectivity index (χ4v) is 3.51. The summed E-state index contributed by atoms with van der Waals surface area (Å²) in [6, 6.07) is 14.1. The molecule has 8 heteroatoms. The molecule has 1 aromatic heterocycles. The van der Waals surface area contributed by atoms with Gasteiger partial charge < -0.3 is 19.5 Å². The van der Waals surface area contributed by atoms with E-state index in [0.717, 1.165) is 18.4 Å². The Bertz CT molecular complexity index is 991. The Labute approximate surface area is 167 Å². The summed E-state index contributed by atoms with van der Waals surface area (Å²) < 4.78 is 10.9. The molecule has 1 unspecified atom stereocenters. The summed E-state index contributed by atoms with van der Waals surface area (Å²) in [6.07, 6.45) is 1.61. The molecule has 7 nitrogen and oxygen atoms in total. The molecule has 0 saturated carbocycles. The summed E-state index contributed by atoms with van der Waals surface area (Å²) >= 11 is 6.14. The predicted octanol–water partition coefficient (Wildman–Crippen LogP) is 4.77. The molecule has 1 aliphatic heterocycles. The lowest BCUT2D eigenvalue weighted by Gasteiger charge is -2.22. The molecule has 1 saturated heterocycles. The molecule has 4 rings (SSSR count). The summed E-state index contributed by atoms with van der Waals surface area (Å²) in [5, 5.41) is 7.43. The van der Waals surface area contributed by atoms with Crippen molar-refractivity contribution in [3.05, 3.63) is 59.4 Å². The lowest BCUT2D eigenvalue weighted by Crippen LogP contribution is -2.34. The normalized spacial score (nSPS) is 16.2. The molecule has 0 bridgehead atoms. The van der Waals surface area contributed by atoms with E-state index in [1.165, 1.54) is 0 Å². The van der Waals surface area contributed by atoms with Crippen LogP contribution in [-0.2, 0) is 0 Å². The molecule has 28 heavy (non-hydrogen) atoms. The maximum absolute atomic E-state index is 12.8. The van der Waals surface area contributed by atoms with Crippen LogP contribution < -0.4 is 10.1 Å². The van der Waals surface area contributed by atoms with Crippen molar-refractivity contribution in [3.63, 3.8) is 0 Å². The van der Waals surface area contributed by atoms with Gasteiger partial charge in [0.05, 0.1) is 23.4 Å². The monoisotopic (exact) mass is 398 g/mol. The van der Waals surface area contributed by atoms with E-state index >= 15 is 0 Å². The van der Waals surface area contributed by atoms with Crippen LogP contribution >= 0.6 is 11.6 Å². The highest BCUT2D eigenvalue weighted by Crippen LogP contribution is 2.34. The molecule has 1 atom stereocenters. The number of benzene rings is 2. The van der Waals surface area contributed by atoms with Gasteiger partial charge in [0, 0.05) is 6.54 Å². The summed E-state index contributed by atoms with van der Waals surface area (Å²) in [6.45, 7) is 0.604. The number of nitrogens with zero attached hydrogens (tertiary/aromatic N) is 3. The zero-order chi connectivity index (χ0) is 19.5. The maximum atomic E-state index is 12.8. The molecule has 0 spiro atoms. The second kappa shape index (κ2) is 7.90. The number of amides is 2. The fourth-order valence-electron chi connectivity index (χ4n) is 3.33. The van der Waals surface area contributed by atoms with Crippen molar-refractivity contribution in [3.8, 4) is 17.1 Å². The number of para-hydroxylation sites is 2. The molecule has 1 aliphatic rings. The lowest BCUT2D eigenvalue weighted by atomic mass is 10.2. The molecular formula is C20H19ClN4O3.